The number of fused-ring (bicyclic) bond motifs is 5. The zero-order chi connectivity index (χ0) is 16.3. The smallest absolute Gasteiger partial charge is 0.271 e. The summed E-state index contributed by atoms with van der Waals surface area (Å²) in [4.78, 5) is 37.1. The molecular formula is C16H14N2O5. The van der Waals surface area contributed by atoms with Crippen molar-refractivity contribution in [1.29, 1.82) is 0 Å². The van der Waals surface area contributed by atoms with Crippen LogP contribution in [0.15, 0.2) is 30.4 Å². The molecule has 1 heterocycles. The second-order valence-electron chi connectivity index (χ2n) is 6.13. The third kappa shape index (κ3) is 1.76. The van der Waals surface area contributed by atoms with Crippen LogP contribution in [0.3, 0.4) is 0 Å². The molecule has 0 aromatic heterocycles. The maximum Gasteiger partial charge on any atom is 0.271 e. The summed E-state index contributed by atoms with van der Waals surface area (Å²) < 4.78 is 5.20. The summed E-state index contributed by atoms with van der Waals surface area (Å²) in [5, 5.41) is 11.0. The summed E-state index contributed by atoms with van der Waals surface area (Å²) in [6, 6.07) is 3.93. The molecule has 1 aromatic carbocycles. The van der Waals surface area contributed by atoms with Crippen LogP contribution < -0.4 is 9.64 Å². The zero-order valence-corrected chi connectivity index (χ0v) is 12.3. The van der Waals surface area contributed by atoms with Gasteiger partial charge in [-0.25, -0.2) is 4.90 Å². The van der Waals surface area contributed by atoms with E-state index < -0.39 is 4.92 Å². The van der Waals surface area contributed by atoms with Crippen LogP contribution in [0, 0.1) is 33.8 Å². The number of nitrogens with zero attached hydrogens (tertiary/aromatic N) is 2. The van der Waals surface area contributed by atoms with E-state index in [9.17, 15) is 19.7 Å². The van der Waals surface area contributed by atoms with E-state index in [0.29, 0.717) is 0 Å². The van der Waals surface area contributed by atoms with Crippen LogP contribution in [0.25, 0.3) is 0 Å². The fraction of sp³-hybridized carbons (Fsp3) is 0.375. The Kier molecular flexibility index (Phi) is 2.81. The number of imide groups is 1. The highest BCUT2D eigenvalue weighted by atomic mass is 16.6. The zero-order valence-electron chi connectivity index (χ0n) is 12.3. The standard InChI is InChI=1S/C16H14N2O5/c1-23-12-5-4-10(18(21)22)7-11(12)17-15(19)13-8-2-3-9(6-8)14(13)16(17)20/h2-5,7-9,13-14H,6H2,1H3/t8-,9-,13+,14+/m0/s1. The number of nitro groups is 1. The SMILES string of the molecule is COc1ccc([N+](=O)[O-])cc1N1C(=O)[C@H]2[C@H](C1=O)[C@H]1C=C[C@H]2C1. The monoisotopic (exact) mass is 314 g/mol. The maximum atomic E-state index is 12.8. The molecule has 1 saturated heterocycles. The second kappa shape index (κ2) is 4.65. The number of carbonyl (C=O) groups is 2. The van der Waals surface area contributed by atoms with Gasteiger partial charge in [-0.3, -0.25) is 19.7 Å². The molecule has 23 heavy (non-hydrogen) atoms. The van der Waals surface area contributed by atoms with Crippen molar-refractivity contribution in [2.24, 2.45) is 23.7 Å². The predicted octanol–water partition coefficient (Wildman–Crippen LogP) is 1.91. The Hall–Kier alpha value is -2.70. The van der Waals surface area contributed by atoms with Crippen LogP contribution in [0.4, 0.5) is 11.4 Å². The fourth-order valence-electron chi connectivity index (χ4n) is 4.11. The van der Waals surface area contributed by atoms with Gasteiger partial charge in [-0.1, -0.05) is 12.2 Å². The molecule has 0 N–H and O–H groups in total. The second-order valence-corrected chi connectivity index (χ2v) is 6.13. The normalized spacial score (nSPS) is 30.9. The molecule has 2 aliphatic carbocycles. The maximum absolute atomic E-state index is 12.8. The van der Waals surface area contributed by atoms with Crippen LogP contribution in [-0.4, -0.2) is 23.8 Å². The van der Waals surface area contributed by atoms with Crippen molar-refractivity contribution in [3.63, 3.8) is 0 Å². The van der Waals surface area contributed by atoms with Crippen LogP contribution >= 0.6 is 0 Å². The van der Waals surface area contributed by atoms with Crippen LogP contribution in [0.2, 0.25) is 0 Å². The van der Waals surface area contributed by atoms with Crippen molar-refractivity contribution in [1.82, 2.24) is 0 Å². The summed E-state index contributed by atoms with van der Waals surface area (Å²) in [5.41, 5.74) is -0.0231. The minimum absolute atomic E-state index is 0.0937. The Morgan fingerprint density at radius 3 is 2.30 bits per heavy atom. The number of anilines is 1. The third-order valence-corrected chi connectivity index (χ3v) is 5.08. The molecule has 0 unspecified atom stereocenters. The van der Waals surface area contributed by atoms with Gasteiger partial charge in [0.05, 0.1) is 23.9 Å². The molecule has 118 valence electrons. The highest BCUT2D eigenvalue weighted by Crippen LogP contribution is 2.54. The van der Waals surface area contributed by atoms with E-state index >= 15 is 0 Å². The number of non-ortho nitro benzene ring substituents is 1. The van der Waals surface area contributed by atoms with Gasteiger partial charge in [0.2, 0.25) is 11.8 Å². The van der Waals surface area contributed by atoms with Gasteiger partial charge in [0.1, 0.15) is 11.4 Å². The highest BCUT2D eigenvalue weighted by Gasteiger charge is 2.60. The molecule has 0 spiro atoms. The first-order valence-corrected chi connectivity index (χ1v) is 7.41. The molecule has 1 saturated carbocycles. The number of ether oxygens (including phenoxy) is 1. The number of benzene rings is 1. The first kappa shape index (κ1) is 13.9. The average Bonchev–Trinajstić information content (AvgIpc) is 3.21. The van der Waals surface area contributed by atoms with Crippen LogP contribution in [0.1, 0.15) is 6.42 Å². The number of allylic oxidation sites excluding steroid dienone is 2. The number of carbonyl (C=O) groups excluding carboxylic acids is 2. The van der Waals surface area contributed by atoms with E-state index in [2.05, 4.69) is 0 Å². The molecule has 2 fully saturated rings. The topological polar surface area (TPSA) is 89.8 Å². The lowest BCUT2D eigenvalue weighted by Gasteiger charge is -2.19. The Balaban J connectivity index is 1.80. The van der Waals surface area contributed by atoms with E-state index in [0.717, 1.165) is 11.3 Å². The Labute approximate surface area is 131 Å². The number of methoxy groups -OCH3 is 1. The number of hydrogen-bond acceptors (Lipinski definition) is 5. The summed E-state index contributed by atoms with van der Waals surface area (Å²) in [7, 11) is 1.40. The number of amides is 2. The lowest BCUT2D eigenvalue weighted by Crippen LogP contribution is -2.33. The fourth-order valence-corrected chi connectivity index (χ4v) is 4.11. The van der Waals surface area contributed by atoms with Gasteiger partial charge >= 0.3 is 0 Å². The van der Waals surface area contributed by atoms with Gasteiger partial charge in [-0.15, -0.1) is 0 Å². The lowest BCUT2D eigenvalue weighted by atomic mass is 9.85. The van der Waals surface area contributed by atoms with Crippen molar-refractivity contribution < 1.29 is 19.2 Å². The van der Waals surface area contributed by atoms with Crippen molar-refractivity contribution in [2.45, 2.75) is 6.42 Å². The highest BCUT2D eigenvalue weighted by molar-refractivity contribution is 6.23. The van der Waals surface area contributed by atoms with Gasteiger partial charge in [0, 0.05) is 12.1 Å². The first-order valence-electron chi connectivity index (χ1n) is 7.41. The molecular weight excluding hydrogens is 300 g/mol. The minimum atomic E-state index is -0.556. The minimum Gasteiger partial charge on any atom is -0.495 e. The summed E-state index contributed by atoms with van der Waals surface area (Å²) in [6.07, 6.45) is 4.85. The van der Waals surface area contributed by atoms with Crippen LogP contribution in [-0.2, 0) is 9.59 Å². The van der Waals surface area contributed by atoms with Crippen molar-refractivity contribution in [2.75, 3.05) is 12.0 Å². The molecule has 1 aromatic rings. The largest absolute Gasteiger partial charge is 0.495 e. The molecule has 1 aliphatic heterocycles. The summed E-state index contributed by atoms with van der Waals surface area (Å²) in [5.74, 6) is -0.793. The van der Waals surface area contributed by atoms with Crippen LogP contribution in [0.5, 0.6) is 5.75 Å². The van der Waals surface area contributed by atoms with E-state index in [1.807, 2.05) is 12.2 Å². The first-order chi connectivity index (χ1) is 11.0. The van der Waals surface area contributed by atoms with Gasteiger partial charge < -0.3 is 4.74 Å². The molecule has 7 heteroatoms. The molecule has 2 amide bonds. The van der Waals surface area contributed by atoms with E-state index in [4.69, 9.17) is 4.74 Å². The molecule has 3 aliphatic rings. The quantitative estimate of drug-likeness (QED) is 0.368. The summed E-state index contributed by atoms with van der Waals surface area (Å²) in [6.45, 7) is 0. The molecule has 2 bridgehead atoms. The van der Waals surface area contributed by atoms with Crippen molar-refractivity contribution >= 4 is 23.2 Å². The Morgan fingerprint density at radius 1 is 1.17 bits per heavy atom. The van der Waals surface area contributed by atoms with Gasteiger partial charge in [-0.2, -0.15) is 0 Å². The van der Waals surface area contributed by atoms with Gasteiger partial charge in [0.25, 0.3) is 5.69 Å². The van der Waals surface area contributed by atoms with Crippen molar-refractivity contribution in [3.8, 4) is 5.75 Å². The van der Waals surface area contributed by atoms with Gasteiger partial charge in [0.15, 0.2) is 0 Å². The molecule has 4 rings (SSSR count). The predicted molar refractivity (Wildman–Crippen MR) is 79.9 cm³/mol. The number of nitro benzene ring substituents is 1. The number of hydrogen-bond donors (Lipinski definition) is 0. The Bertz CT molecular complexity index is 742. The summed E-state index contributed by atoms with van der Waals surface area (Å²) >= 11 is 0. The van der Waals surface area contributed by atoms with E-state index in [1.165, 1.54) is 25.3 Å². The van der Waals surface area contributed by atoms with Crippen molar-refractivity contribution in [3.05, 3.63) is 40.5 Å². The average molecular weight is 314 g/mol. The van der Waals surface area contributed by atoms with Gasteiger partial charge in [-0.05, 0) is 24.3 Å². The van der Waals surface area contributed by atoms with E-state index in [-0.39, 0.29) is 52.6 Å². The molecule has 4 atom stereocenters. The molecule has 7 nitrogen and oxygen atoms in total. The van der Waals surface area contributed by atoms with E-state index in [1.54, 1.807) is 0 Å². The Morgan fingerprint density at radius 2 is 1.78 bits per heavy atom. The molecule has 0 radical (unpaired) electrons. The lowest BCUT2D eigenvalue weighted by molar-refractivity contribution is -0.384. The number of rotatable bonds is 3. The third-order valence-electron chi connectivity index (χ3n) is 5.08.